The molecular weight excluding hydrogens is 216 g/mol. The van der Waals surface area contributed by atoms with Crippen LogP contribution in [-0.4, -0.2) is 23.6 Å². The molecule has 2 saturated carbocycles. The Morgan fingerprint density at radius 3 is 2.29 bits per heavy atom. The zero-order chi connectivity index (χ0) is 9.97. The van der Waals surface area contributed by atoms with Gasteiger partial charge in [0.25, 0.3) is 0 Å². The second kappa shape index (κ2) is 4.67. The molecule has 2 aliphatic rings. The number of alkyl halides is 1. The molecule has 2 nitrogen and oxygen atoms in total. The Morgan fingerprint density at radius 1 is 1.29 bits per heavy atom. The van der Waals surface area contributed by atoms with E-state index >= 15 is 0 Å². The lowest BCUT2D eigenvalue weighted by molar-refractivity contribution is 0.479. The lowest BCUT2D eigenvalue weighted by atomic mass is 10.1. The van der Waals surface area contributed by atoms with Crippen molar-refractivity contribution in [2.24, 2.45) is 11.8 Å². The van der Waals surface area contributed by atoms with E-state index in [1.807, 2.05) is 0 Å². The van der Waals surface area contributed by atoms with Crippen LogP contribution in [0.4, 0.5) is 0 Å². The van der Waals surface area contributed by atoms with Crippen molar-refractivity contribution >= 4 is 28.9 Å². The van der Waals surface area contributed by atoms with E-state index in [2.05, 4.69) is 10.6 Å². The Balaban J connectivity index is 1.72. The van der Waals surface area contributed by atoms with Gasteiger partial charge in [-0.1, -0.05) is 0 Å². The minimum absolute atomic E-state index is 0.610. The molecule has 0 spiro atoms. The number of thiocarbonyl (C=S) groups is 1. The highest BCUT2D eigenvalue weighted by Crippen LogP contribution is 2.44. The topological polar surface area (TPSA) is 24.1 Å². The van der Waals surface area contributed by atoms with Crippen LogP contribution in [0.1, 0.15) is 25.7 Å². The molecule has 0 aromatic rings. The summed E-state index contributed by atoms with van der Waals surface area (Å²) in [6.07, 6.45) is 5.52. The van der Waals surface area contributed by atoms with Crippen LogP contribution >= 0.6 is 23.8 Å². The van der Waals surface area contributed by atoms with E-state index in [0.29, 0.717) is 11.9 Å². The van der Waals surface area contributed by atoms with Crippen LogP contribution in [-0.2, 0) is 0 Å². The normalized spacial score (nSPS) is 21.0. The minimum atomic E-state index is 0.610. The van der Waals surface area contributed by atoms with E-state index in [1.165, 1.54) is 25.7 Å². The van der Waals surface area contributed by atoms with Crippen LogP contribution in [0.3, 0.4) is 0 Å². The summed E-state index contributed by atoms with van der Waals surface area (Å²) in [6, 6.07) is 0.644. The van der Waals surface area contributed by atoms with E-state index in [9.17, 15) is 0 Å². The van der Waals surface area contributed by atoms with Crippen LogP contribution in [0.15, 0.2) is 0 Å². The lowest BCUT2D eigenvalue weighted by Gasteiger charge is -2.19. The van der Waals surface area contributed by atoms with E-state index in [0.717, 1.165) is 23.5 Å². The molecule has 4 heteroatoms. The first-order chi connectivity index (χ1) is 6.81. The monoisotopic (exact) mass is 232 g/mol. The number of hydrogen-bond donors (Lipinski definition) is 2. The van der Waals surface area contributed by atoms with Gasteiger partial charge < -0.3 is 10.6 Å². The van der Waals surface area contributed by atoms with Crippen molar-refractivity contribution in [1.29, 1.82) is 0 Å². The van der Waals surface area contributed by atoms with Gasteiger partial charge in [-0.15, -0.1) is 11.6 Å². The summed E-state index contributed by atoms with van der Waals surface area (Å²) in [7, 11) is 0. The first-order valence-electron chi connectivity index (χ1n) is 5.41. The maximum absolute atomic E-state index is 5.58. The molecule has 0 atom stereocenters. The fraction of sp³-hybridized carbons (Fsp3) is 0.900. The molecule has 2 rings (SSSR count). The first kappa shape index (κ1) is 10.5. The highest BCUT2D eigenvalue weighted by molar-refractivity contribution is 7.80. The van der Waals surface area contributed by atoms with Crippen LogP contribution < -0.4 is 10.6 Å². The van der Waals surface area contributed by atoms with Crippen molar-refractivity contribution in [3.05, 3.63) is 0 Å². The van der Waals surface area contributed by atoms with E-state index < -0.39 is 0 Å². The van der Waals surface area contributed by atoms with Gasteiger partial charge in [-0.25, -0.2) is 0 Å². The van der Waals surface area contributed by atoms with E-state index in [-0.39, 0.29) is 0 Å². The molecule has 2 fully saturated rings. The van der Waals surface area contributed by atoms with E-state index in [1.54, 1.807) is 0 Å². The Hall–Kier alpha value is -0.0200. The van der Waals surface area contributed by atoms with Gasteiger partial charge in [0.1, 0.15) is 0 Å². The second-order valence-electron chi connectivity index (χ2n) is 4.29. The van der Waals surface area contributed by atoms with Crippen LogP contribution in [0, 0.1) is 11.8 Å². The highest BCUT2D eigenvalue weighted by Gasteiger charge is 2.41. The fourth-order valence-electron chi connectivity index (χ4n) is 1.89. The van der Waals surface area contributed by atoms with Gasteiger partial charge in [-0.3, -0.25) is 0 Å². The van der Waals surface area contributed by atoms with Gasteiger partial charge in [-0.2, -0.15) is 0 Å². The van der Waals surface area contributed by atoms with Crippen LogP contribution in [0.25, 0.3) is 0 Å². The van der Waals surface area contributed by atoms with Gasteiger partial charge in [0.2, 0.25) is 0 Å². The summed E-state index contributed by atoms with van der Waals surface area (Å²) in [4.78, 5) is 0. The molecule has 0 heterocycles. The van der Waals surface area contributed by atoms with Crippen LogP contribution in [0.5, 0.6) is 0 Å². The molecule has 0 radical (unpaired) electrons. The van der Waals surface area contributed by atoms with Gasteiger partial charge >= 0.3 is 0 Å². The van der Waals surface area contributed by atoms with Gasteiger partial charge in [-0.05, 0) is 49.7 Å². The van der Waals surface area contributed by atoms with Crippen molar-refractivity contribution in [2.45, 2.75) is 31.7 Å². The molecule has 2 aliphatic carbocycles. The predicted octanol–water partition coefficient (Wildman–Crippen LogP) is 1.88. The molecule has 2 N–H and O–H groups in total. The fourth-order valence-corrected chi connectivity index (χ4v) is 2.23. The summed E-state index contributed by atoms with van der Waals surface area (Å²) in [5.74, 6) is 2.38. The standard InChI is InChI=1S/C10H17ClN2S/c11-5-6-12-10(14)13-9(7-1-2-7)8-3-4-8/h7-9H,1-6H2,(H2,12,13,14). The molecule has 80 valence electrons. The second-order valence-corrected chi connectivity index (χ2v) is 5.08. The first-order valence-corrected chi connectivity index (χ1v) is 6.36. The zero-order valence-corrected chi connectivity index (χ0v) is 9.83. The number of rotatable bonds is 5. The van der Waals surface area contributed by atoms with E-state index in [4.69, 9.17) is 23.8 Å². The average molecular weight is 233 g/mol. The Bertz CT molecular complexity index is 202. The molecule has 14 heavy (non-hydrogen) atoms. The van der Waals surface area contributed by atoms with Crippen molar-refractivity contribution in [1.82, 2.24) is 10.6 Å². The number of hydrogen-bond acceptors (Lipinski definition) is 1. The minimum Gasteiger partial charge on any atom is -0.362 e. The molecular formula is C10H17ClN2S. The molecule has 0 aliphatic heterocycles. The summed E-state index contributed by atoms with van der Waals surface area (Å²) in [5.41, 5.74) is 0. The summed E-state index contributed by atoms with van der Waals surface area (Å²) >= 11 is 10.8. The summed E-state index contributed by atoms with van der Waals surface area (Å²) in [6.45, 7) is 0.759. The van der Waals surface area contributed by atoms with Gasteiger partial charge in [0.05, 0.1) is 0 Å². The third-order valence-corrected chi connectivity index (χ3v) is 3.39. The smallest absolute Gasteiger partial charge is 0.166 e. The van der Waals surface area contributed by atoms with Crippen molar-refractivity contribution in [2.75, 3.05) is 12.4 Å². The number of halogens is 1. The maximum atomic E-state index is 5.58. The van der Waals surface area contributed by atoms with Crippen molar-refractivity contribution in [3.8, 4) is 0 Å². The van der Waals surface area contributed by atoms with Crippen LogP contribution in [0.2, 0.25) is 0 Å². The Morgan fingerprint density at radius 2 is 1.86 bits per heavy atom. The largest absolute Gasteiger partial charge is 0.362 e. The molecule has 0 unspecified atom stereocenters. The SMILES string of the molecule is S=C(NCCCl)NC(C1CC1)C1CC1. The molecule has 0 aromatic carbocycles. The zero-order valence-electron chi connectivity index (χ0n) is 8.26. The Labute approximate surface area is 95.8 Å². The summed E-state index contributed by atoms with van der Waals surface area (Å²) in [5, 5.41) is 7.34. The number of nitrogens with one attached hydrogen (secondary N) is 2. The highest BCUT2D eigenvalue weighted by atomic mass is 35.5. The molecule has 0 amide bonds. The summed E-state index contributed by atoms with van der Waals surface area (Å²) < 4.78 is 0. The molecule has 0 bridgehead atoms. The van der Waals surface area contributed by atoms with Gasteiger partial charge in [0.15, 0.2) is 5.11 Å². The molecule has 0 aromatic heterocycles. The quantitative estimate of drug-likeness (QED) is 0.559. The average Bonchev–Trinajstić information content (AvgIpc) is 3.04. The van der Waals surface area contributed by atoms with Gasteiger partial charge in [0, 0.05) is 18.5 Å². The van der Waals surface area contributed by atoms with Crippen molar-refractivity contribution in [3.63, 3.8) is 0 Å². The lowest BCUT2D eigenvalue weighted by Crippen LogP contribution is -2.44. The third kappa shape index (κ3) is 2.99. The third-order valence-electron chi connectivity index (χ3n) is 2.94. The predicted molar refractivity (Wildman–Crippen MR) is 63.7 cm³/mol. The van der Waals surface area contributed by atoms with Crippen molar-refractivity contribution < 1.29 is 0 Å². The Kier molecular flexibility index (Phi) is 3.50. The molecule has 0 saturated heterocycles. The maximum Gasteiger partial charge on any atom is 0.166 e.